The lowest BCUT2D eigenvalue weighted by atomic mass is 9.85. The number of likely N-dealkylation sites (tertiary alicyclic amines) is 1. The summed E-state index contributed by atoms with van der Waals surface area (Å²) in [5.41, 5.74) is 1.78. The monoisotopic (exact) mass is 344 g/mol. The van der Waals surface area contributed by atoms with Crippen molar-refractivity contribution in [2.45, 2.75) is 12.6 Å². The molecule has 4 rings (SSSR count). The van der Waals surface area contributed by atoms with E-state index < -0.39 is 0 Å². The lowest BCUT2D eigenvalue weighted by Crippen LogP contribution is -2.38. The normalized spacial score (nSPS) is 25.2. The summed E-state index contributed by atoms with van der Waals surface area (Å²) < 4.78 is 21.4. The molecule has 7 heteroatoms. The van der Waals surface area contributed by atoms with E-state index in [1.807, 2.05) is 18.7 Å². The van der Waals surface area contributed by atoms with Gasteiger partial charge in [0.05, 0.1) is 31.1 Å². The Bertz CT molecular complexity index is 806. The van der Waals surface area contributed by atoms with Gasteiger partial charge in [0.1, 0.15) is 11.6 Å². The van der Waals surface area contributed by atoms with Gasteiger partial charge in [-0.2, -0.15) is 0 Å². The Morgan fingerprint density at radius 3 is 3.04 bits per heavy atom. The Labute approximate surface area is 145 Å². The summed E-state index contributed by atoms with van der Waals surface area (Å²) >= 11 is 0. The Morgan fingerprint density at radius 2 is 2.28 bits per heavy atom. The molecule has 1 aromatic carbocycles. The lowest BCUT2D eigenvalue weighted by Gasteiger charge is -2.33. The fourth-order valence-electron chi connectivity index (χ4n) is 3.99. The first-order valence-corrected chi connectivity index (χ1v) is 8.40. The van der Waals surface area contributed by atoms with E-state index in [-0.39, 0.29) is 29.6 Å². The van der Waals surface area contributed by atoms with Crippen molar-refractivity contribution >= 4 is 5.91 Å². The van der Waals surface area contributed by atoms with E-state index in [2.05, 4.69) is 15.2 Å². The van der Waals surface area contributed by atoms with Gasteiger partial charge in [-0.1, -0.05) is 0 Å². The highest BCUT2D eigenvalue weighted by Gasteiger charge is 2.47. The summed E-state index contributed by atoms with van der Waals surface area (Å²) in [5, 5.41) is 3.00. The first kappa shape index (κ1) is 16.1. The molecule has 25 heavy (non-hydrogen) atoms. The number of fused-ring (bicyclic) bond motifs is 3. The fourth-order valence-corrected chi connectivity index (χ4v) is 3.99. The minimum absolute atomic E-state index is 0.00371. The third-order valence-electron chi connectivity index (χ3n) is 5.30. The molecule has 2 aliphatic rings. The number of aryl methyl sites for hydroxylation is 1. The van der Waals surface area contributed by atoms with Crippen LogP contribution in [-0.4, -0.2) is 40.6 Å². The largest absolute Gasteiger partial charge is 0.493 e. The molecule has 0 spiro atoms. The van der Waals surface area contributed by atoms with Crippen LogP contribution in [0.25, 0.3) is 0 Å². The summed E-state index contributed by atoms with van der Waals surface area (Å²) in [6, 6.07) is 4.61. The van der Waals surface area contributed by atoms with Crippen molar-refractivity contribution in [3.05, 3.63) is 47.8 Å². The zero-order valence-electron chi connectivity index (χ0n) is 14.3. The molecule has 3 heterocycles. The SMILES string of the molecule is CN1C[C@@H](C(=O)NCc2cncn2C)[C@@H]2COc3ccc(F)cc3[C@@H]21. The highest BCUT2D eigenvalue weighted by atomic mass is 19.1. The van der Waals surface area contributed by atoms with Gasteiger partial charge in [-0.15, -0.1) is 0 Å². The van der Waals surface area contributed by atoms with Crippen LogP contribution in [0.15, 0.2) is 30.7 Å². The van der Waals surface area contributed by atoms with Crippen molar-refractivity contribution in [2.75, 3.05) is 20.2 Å². The van der Waals surface area contributed by atoms with Gasteiger partial charge in [-0.25, -0.2) is 9.37 Å². The summed E-state index contributed by atoms with van der Waals surface area (Å²) in [4.78, 5) is 18.9. The van der Waals surface area contributed by atoms with E-state index in [0.29, 0.717) is 25.4 Å². The van der Waals surface area contributed by atoms with E-state index in [4.69, 9.17) is 4.74 Å². The first-order chi connectivity index (χ1) is 12.0. The van der Waals surface area contributed by atoms with Crippen LogP contribution in [0.1, 0.15) is 17.3 Å². The van der Waals surface area contributed by atoms with Gasteiger partial charge in [-0.05, 0) is 25.2 Å². The number of nitrogens with zero attached hydrogens (tertiary/aromatic N) is 3. The molecule has 132 valence electrons. The standard InChI is InChI=1S/C18H21FN4O2/c1-22-8-14(18(24)21-7-12-6-20-10-23(12)2)15-9-25-16-4-3-11(19)5-13(16)17(15)22/h3-6,10,14-15,17H,7-9H2,1-2H3,(H,21,24)/t14-,15+,17+/m1/s1. The molecule has 1 amide bonds. The second kappa shape index (κ2) is 6.15. The molecule has 0 unspecified atom stereocenters. The van der Waals surface area contributed by atoms with Gasteiger partial charge < -0.3 is 14.6 Å². The Morgan fingerprint density at radius 1 is 1.44 bits per heavy atom. The number of ether oxygens (including phenoxy) is 1. The Hall–Kier alpha value is -2.41. The zero-order chi connectivity index (χ0) is 17.6. The molecule has 1 fully saturated rings. The van der Waals surface area contributed by atoms with Crippen LogP contribution in [0.3, 0.4) is 0 Å². The Balaban J connectivity index is 1.51. The number of carbonyl (C=O) groups is 1. The first-order valence-electron chi connectivity index (χ1n) is 8.40. The molecule has 0 aliphatic carbocycles. The van der Waals surface area contributed by atoms with E-state index >= 15 is 0 Å². The number of nitrogens with one attached hydrogen (secondary N) is 1. The third kappa shape index (κ3) is 2.78. The summed E-state index contributed by atoms with van der Waals surface area (Å²) in [6.45, 7) is 1.54. The number of aromatic nitrogens is 2. The number of rotatable bonds is 3. The summed E-state index contributed by atoms with van der Waals surface area (Å²) in [7, 11) is 3.88. The predicted molar refractivity (Wildman–Crippen MR) is 89.3 cm³/mol. The maximum absolute atomic E-state index is 13.7. The van der Waals surface area contributed by atoms with Crippen molar-refractivity contribution in [3.8, 4) is 5.75 Å². The highest BCUT2D eigenvalue weighted by molar-refractivity contribution is 5.80. The molecular weight excluding hydrogens is 323 g/mol. The number of benzene rings is 1. The van der Waals surface area contributed by atoms with Gasteiger partial charge in [0.15, 0.2) is 0 Å². The Kier molecular flexibility index (Phi) is 3.95. The van der Waals surface area contributed by atoms with E-state index in [0.717, 1.165) is 11.3 Å². The van der Waals surface area contributed by atoms with Crippen LogP contribution >= 0.6 is 0 Å². The maximum Gasteiger partial charge on any atom is 0.225 e. The van der Waals surface area contributed by atoms with E-state index in [1.165, 1.54) is 12.1 Å². The van der Waals surface area contributed by atoms with Gasteiger partial charge in [-0.3, -0.25) is 9.69 Å². The van der Waals surface area contributed by atoms with Crippen molar-refractivity contribution in [2.24, 2.45) is 18.9 Å². The second-order valence-corrected chi connectivity index (χ2v) is 6.86. The number of hydrogen-bond acceptors (Lipinski definition) is 4. The summed E-state index contributed by atoms with van der Waals surface area (Å²) in [6.07, 6.45) is 3.45. The quantitative estimate of drug-likeness (QED) is 0.916. The number of amides is 1. The number of imidazole rings is 1. The van der Waals surface area contributed by atoms with Crippen LogP contribution in [0.2, 0.25) is 0 Å². The van der Waals surface area contributed by atoms with Gasteiger partial charge in [0.2, 0.25) is 5.91 Å². The molecule has 0 bridgehead atoms. The molecule has 3 atom stereocenters. The molecule has 1 saturated heterocycles. The predicted octanol–water partition coefficient (Wildman–Crippen LogP) is 1.49. The van der Waals surface area contributed by atoms with Crippen molar-refractivity contribution < 1.29 is 13.9 Å². The number of halogens is 1. The maximum atomic E-state index is 13.7. The second-order valence-electron chi connectivity index (χ2n) is 6.86. The van der Waals surface area contributed by atoms with Gasteiger partial charge in [0, 0.05) is 37.3 Å². The molecule has 6 nitrogen and oxygen atoms in total. The molecule has 0 radical (unpaired) electrons. The van der Waals surface area contributed by atoms with Crippen LogP contribution in [-0.2, 0) is 18.4 Å². The van der Waals surface area contributed by atoms with Crippen LogP contribution < -0.4 is 10.1 Å². The average Bonchev–Trinajstić information content (AvgIpc) is 3.16. The molecule has 1 N–H and O–H groups in total. The molecule has 2 aliphatic heterocycles. The zero-order valence-corrected chi connectivity index (χ0v) is 14.3. The number of carbonyl (C=O) groups excluding carboxylic acids is 1. The van der Waals surface area contributed by atoms with Gasteiger partial charge >= 0.3 is 0 Å². The number of hydrogen-bond donors (Lipinski definition) is 1. The topological polar surface area (TPSA) is 59.4 Å². The van der Waals surface area contributed by atoms with Crippen LogP contribution in [0.4, 0.5) is 4.39 Å². The van der Waals surface area contributed by atoms with Crippen molar-refractivity contribution in [3.63, 3.8) is 0 Å². The van der Waals surface area contributed by atoms with Crippen LogP contribution in [0, 0.1) is 17.7 Å². The highest BCUT2D eigenvalue weighted by Crippen LogP contribution is 2.46. The molecule has 2 aromatic rings. The molecule has 1 aromatic heterocycles. The minimum atomic E-state index is -0.277. The minimum Gasteiger partial charge on any atom is -0.493 e. The van der Waals surface area contributed by atoms with Gasteiger partial charge in [0.25, 0.3) is 0 Å². The average molecular weight is 344 g/mol. The van der Waals surface area contributed by atoms with E-state index in [9.17, 15) is 9.18 Å². The molecule has 0 saturated carbocycles. The smallest absolute Gasteiger partial charge is 0.225 e. The third-order valence-corrected chi connectivity index (χ3v) is 5.30. The van der Waals surface area contributed by atoms with E-state index in [1.54, 1.807) is 18.6 Å². The van der Waals surface area contributed by atoms with Crippen molar-refractivity contribution in [1.29, 1.82) is 0 Å². The summed E-state index contributed by atoms with van der Waals surface area (Å²) in [5.74, 6) is 0.278. The fraction of sp³-hybridized carbons (Fsp3) is 0.444. The molecular formula is C18H21FN4O2. The van der Waals surface area contributed by atoms with Crippen molar-refractivity contribution in [1.82, 2.24) is 19.8 Å². The van der Waals surface area contributed by atoms with Crippen LogP contribution in [0.5, 0.6) is 5.75 Å². The lowest BCUT2D eigenvalue weighted by molar-refractivity contribution is -0.126.